The molecule has 3 rings (SSSR count). The Morgan fingerprint density at radius 1 is 0.926 bits per heavy atom. The Bertz CT molecular complexity index is 875. The van der Waals surface area contributed by atoms with Crippen LogP contribution in [0.4, 0.5) is 5.69 Å². The first-order valence-electron chi connectivity index (χ1n) is 8.50. The average molecular weight is 365 g/mol. The highest BCUT2D eigenvalue weighted by Gasteiger charge is 2.11. The Hall–Kier alpha value is -3.54. The van der Waals surface area contributed by atoms with Gasteiger partial charge in [-0.3, -0.25) is 9.59 Å². The number of carbonyl (C=O) groups is 2. The van der Waals surface area contributed by atoms with Crippen molar-refractivity contribution in [3.8, 4) is 11.5 Å². The number of rotatable bonds is 8. The largest absolute Gasteiger partial charge is 0.469 e. The highest BCUT2D eigenvalue weighted by atomic mass is 16.5. The number of hydrogen-bond acceptors (Lipinski definition) is 5. The molecule has 0 radical (unpaired) electrons. The predicted molar refractivity (Wildman–Crippen MR) is 99.6 cm³/mol. The van der Waals surface area contributed by atoms with Gasteiger partial charge in [0.25, 0.3) is 5.91 Å². The first kappa shape index (κ1) is 18.3. The second-order valence-electron chi connectivity index (χ2n) is 5.70. The molecular formula is C21H19NO5. The van der Waals surface area contributed by atoms with E-state index in [2.05, 4.69) is 5.32 Å². The van der Waals surface area contributed by atoms with Crippen LogP contribution >= 0.6 is 0 Å². The summed E-state index contributed by atoms with van der Waals surface area (Å²) < 4.78 is 15.9. The molecule has 0 saturated heterocycles. The third-order valence-electron chi connectivity index (χ3n) is 3.65. The van der Waals surface area contributed by atoms with Crippen molar-refractivity contribution in [2.24, 2.45) is 0 Å². The van der Waals surface area contributed by atoms with Crippen molar-refractivity contribution < 1.29 is 23.5 Å². The molecule has 1 N–H and O–H groups in total. The summed E-state index contributed by atoms with van der Waals surface area (Å²) in [5.41, 5.74) is 0.498. The molecule has 0 unspecified atom stereocenters. The number of anilines is 1. The lowest BCUT2D eigenvalue weighted by atomic mass is 10.2. The Balaban J connectivity index is 1.49. The maximum atomic E-state index is 12.1. The summed E-state index contributed by atoms with van der Waals surface area (Å²) >= 11 is 0. The van der Waals surface area contributed by atoms with Gasteiger partial charge >= 0.3 is 5.97 Å². The molecule has 0 saturated carbocycles. The molecule has 27 heavy (non-hydrogen) atoms. The number of ether oxygens (including phenoxy) is 2. The lowest BCUT2D eigenvalue weighted by Gasteiger charge is -2.12. The Morgan fingerprint density at radius 2 is 1.70 bits per heavy atom. The topological polar surface area (TPSA) is 77.8 Å². The van der Waals surface area contributed by atoms with Gasteiger partial charge in [0.1, 0.15) is 11.5 Å². The fourth-order valence-electron chi connectivity index (χ4n) is 2.36. The summed E-state index contributed by atoms with van der Waals surface area (Å²) in [6.07, 6.45) is 2.12. The SMILES string of the molecule is O=C(COC(=O)CCc1ccco1)Nc1ccccc1Oc1ccccc1. The maximum absolute atomic E-state index is 12.1. The first-order valence-corrected chi connectivity index (χ1v) is 8.50. The van der Waals surface area contributed by atoms with E-state index < -0.39 is 11.9 Å². The van der Waals surface area contributed by atoms with Crippen LogP contribution in [-0.2, 0) is 20.7 Å². The van der Waals surface area contributed by atoms with Crippen molar-refractivity contribution in [1.29, 1.82) is 0 Å². The highest BCUT2D eigenvalue weighted by Crippen LogP contribution is 2.28. The van der Waals surface area contributed by atoms with Crippen molar-refractivity contribution in [1.82, 2.24) is 0 Å². The number of esters is 1. The van der Waals surface area contributed by atoms with E-state index in [1.807, 2.05) is 36.4 Å². The van der Waals surface area contributed by atoms with Gasteiger partial charge in [0, 0.05) is 6.42 Å². The quantitative estimate of drug-likeness (QED) is 0.606. The molecule has 3 aromatic rings. The zero-order valence-corrected chi connectivity index (χ0v) is 14.6. The second kappa shape index (κ2) is 9.24. The zero-order chi connectivity index (χ0) is 18.9. The number of hydrogen-bond donors (Lipinski definition) is 1. The fourth-order valence-corrected chi connectivity index (χ4v) is 2.36. The molecule has 1 aromatic heterocycles. The molecular weight excluding hydrogens is 346 g/mol. The molecule has 0 bridgehead atoms. The molecule has 2 aromatic carbocycles. The third-order valence-corrected chi connectivity index (χ3v) is 3.65. The van der Waals surface area contributed by atoms with Crippen molar-refractivity contribution in [2.45, 2.75) is 12.8 Å². The van der Waals surface area contributed by atoms with Crippen molar-refractivity contribution in [3.63, 3.8) is 0 Å². The monoisotopic (exact) mass is 365 g/mol. The molecule has 1 heterocycles. The van der Waals surface area contributed by atoms with Crippen molar-refractivity contribution >= 4 is 17.6 Å². The van der Waals surface area contributed by atoms with Crippen LogP contribution in [0.25, 0.3) is 0 Å². The summed E-state index contributed by atoms with van der Waals surface area (Å²) in [7, 11) is 0. The smallest absolute Gasteiger partial charge is 0.306 e. The van der Waals surface area contributed by atoms with E-state index >= 15 is 0 Å². The van der Waals surface area contributed by atoms with Gasteiger partial charge < -0.3 is 19.2 Å². The van der Waals surface area contributed by atoms with Gasteiger partial charge in [0.2, 0.25) is 0 Å². The van der Waals surface area contributed by atoms with Gasteiger partial charge in [-0.15, -0.1) is 0 Å². The summed E-state index contributed by atoms with van der Waals surface area (Å²) in [6.45, 7) is -0.364. The molecule has 6 heteroatoms. The summed E-state index contributed by atoms with van der Waals surface area (Å²) in [5, 5.41) is 2.70. The standard InChI is InChI=1S/C21H19NO5/c23-20(15-26-21(24)13-12-16-9-6-14-25-16)22-18-10-4-5-11-19(18)27-17-7-2-1-3-8-17/h1-11,14H,12-13,15H2,(H,22,23). The zero-order valence-electron chi connectivity index (χ0n) is 14.6. The lowest BCUT2D eigenvalue weighted by molar-refractivity contribution is -0.147. The van der Waals surface area contributed by atoms with E-state index in [4.69, 9.17) is 13.9 Å². The molecule has 0 fully saturated rings. The number of benzene rings is 2. The fraction of sp³-hybridized carbons (Fsp3) is 0.143. The van der Waals surface area contributed by atoms with Crippen LogP contribution in [0.15, 0.2) is 77.4 Å². The van der Waals surface area contributed by atoms with E-state index in [9.17, 15) is 9.59 Å². The van der Waals surface area contributed by atoms with Crippen molar-refractivity contribution in [2.75, 3.05) is 11.9 Å². The average Bonchev–Trinajstić information content (AvgIpc) is 3.21. The van der Waals surface area contributed by atoms with Crippen LogP contribution in [0.1, 0.15) is 12.2 Å². The van der Waals surface area contributed by atoms with Gasteiger partial charge in [0.05, 0.1) is 18.4 Å². The Kier molecular flexibility index (Phi) is 6.25. The second-order valence-corrected chi connectivity index (χ2v) is 5.70. The minimum atomic E-state index is -0.463. The number of amides is 1. The molecule has 1 amide bonds. The number of nitrogens with one attached hydrogen (secondary N) is 1. The minimum absolute atomic E-state index is 0.147. The summed E-state index contributed by atoms with van der Waals surface area (Å²) in [6, 6.07) is 19.8. The highest BCUT2D eigenvalue weighted by molar-refractivity contribution is 5.94. The Labute approximate surface area is 156 Å². The van der Waals surface area contributed by atoms with Crippen molar-refractivity contribution in [3.05, 3.63) is 78.8 Å². The number of para-hydroxylation sites is 3. The maximum Gasteiger partial charge on any atom is 0.306 e. The van der Waals surface area contributed by atoms with E-state index in [1.165, 1.54) is 0 Å². The third kappa shape index (κ3) is 5.74. The molecule has 138 valence electrons. The van der Waals surface area contributed by atoms with Crippen LogP contribution in [0.3, 0.4) is 0 Å². The molecule has 0 aliphatic rings. The first-order chi connectivity index (χ1) is 13.2. The molecule has 6 nitrogen and oxygen atoms in total. The van der Waals surface area contributed by atoms with Crippen LogP contribution < -0.4 is 10.1 Å². The van der Waals surface area contributed by atoms with E-state index in [0.717, 1.165) is 0 Å². The predicted octanol–water partition coefficient (Wildman–Crippen LogP) is 4.19. The lowest BCUT2D eigenvalue weighted by Crippen LogP contribution is -2.21. The van der Waals surface area contributed by atoms with E-state index in [0.29, 0.717) is 29.4 Å². The number of furan rings is 1. The number of aryl methyl sites for hydroxylation is 1. The van der Waals surface area contributed by atoms with Crippen LogP contribution in [0.5, 0.6) is 11.5 Å². The normalized spacial score (nSPS) is 10.2. The summed E-state index contributed by atoms with van der Waals surface area (Å²) in [4.78, 5) is 23.8. The number of carbonyl (C=O) groups excluding carboxylic acids is 2. The molecule has 0 aliphatic heterocycles. The van der Waals surface area contributed by atoms with E-state index in [1.54, 1.807) is 36.6 Å². The van der Waals surface area contributed by atoms with Gasteiger partial charge in [-0.2, -0.15) is 0 Å². The van der Waals surface area contributed by atoms with Gasteiger partial charge in [0.15, 0.2) is 12.4 Å². The molecule has 0 aliphatic carbocycles. The van der Waals surface area contributed by atoms with E-state index in [-0.39, 0.29) is 13.0 Å². The minimum Gasteiger partial charge on any atom is -0.469 e. The van der Waals surface area contributed by atoms with Crippen LogP contribution in [0.2, 0.25) is 0 Å². The van der Waals surface area contributed by atoms with Crippen LogP contribution in [-0.4, -0.2) is 18.5 Å². The van der Waals surface area contributed by atoms with Gasteiger partial charge in [-0.25, -0.2) is 0 Å². The Morgan fingerprint density at radius 3 is 2.48 bits per heavy atom. The molecule has 0 atom stereocenters. The van der Waals surface area contributed by atoms with Gasteiger partial charge in [-0.1, -0.05) is 30.3 Å². The van der Waals surface area contributed by atoms with Gasteiger partial charge in [-0.05, 0) is 36.4 Å². The molecule has 0 spiro atoms. The summed E-state index contributed by atoms with van der Waals surface area (Å²) in [5.74, 6) is 0.953. The van der Waals surface area contributed by atoms with Crippen LogP contribution in [0, 0.1) is 0 Å².